The van der Waals surface area contributed by atoms with Gasteiger partial charge in [-0.1, -0.05) is 30.8 Å². The van der Waals surface area contributed by atoms with E-state index in [-0.39, 0.29) is 12.6 Å². The standard InChI is InChI=1S/C12H13O2/c1-9(2)12(13)14-8-11-7-5-4-6-10(11)3/h4-7H,1,3,8H2,2H3. The van der Waals surface area contributed by atoms with Gasteiger partial charge < -0.3 is 4.74 Å². The molecular weight excluding hydrogens is 176 g/mol. The van der Waals surface area contributed by atoms with Gasteiger partial charge in [-0.15, -0.1) is 0 Å². The van der Waals surface area contributed by atoms with Gasteiger partial charge in [-0.05, 0) is 25.0 Å². The Balaban J connectivity index is 2.58. The highest BCUT2D eigenvalue weighted by Gasteiger charge is 2.04. The van der Waals surface area contributed by atoms with E-state index in [4.69, 9.17) is 4.74 Å². The first-order chi connectivity index (χ1) is 6.61. The molecule has 2 heteroatoms. The Morgan fingerprint density at radius 1 is 1.43 bits per heavy atom. The van der Waals surface area contributed by atoms with Crippen LogP contribution < -0.4 is 0 Å². The first-order valence-corrected chi connectivity index (χ1v) is 4.33. The van der Waals surface area contributed by atoms with Crippen LogP contribution >= 0.6 is 0 Å². The lowest BCUT2D eigenvalue weighted by molar-refractivity contribution is -0.140. The molecule has 0 fully saturated rings. The highest BCUT2D eigenvalue weighted by molar-refractivity contribution is 5.86. The second-order valence-corrected chi connectivity index (χ2v) is 3.13. The molecule has 2 nitrogen and oxygen atoms in total. The van der Waals surface area contributed by atoms with E-state index < -0.39 is 0 Å². The van der Waals surface area contributed by atoms with Crippen LogP contribution in [0.15, 0.2) is 36.4 Å². The van der Waals surface area contributed by atoms with Gasteiger partial charge in [-0.2, -0.15) is 0 Å². The van der Waals surface area contributed by atoms with Crippen molar-refractivity contribution in [2.45, 2.75) is 13.5 Å². The van der Waals surface area contributed by atoms with Crippen LogP contribution in [0.4, 0.5) is 0 Å². The smallest absolute Gasteiger partial charge is 0.333 e. The maximum atomic E-state index is 11.1. The van der Waals surface area contributed by atoms with Gasteiger partial charge in [0.1, 0.15) is 6.61 Å². The second kappa shape index (κ2) is 4.61. The lowest BCUT2D eigenvalue weighted by atomic mass is 10.1. The molecule has 0 aliphatic heterocycles. The zero-order chi connectivity index (χ0) is 10.6. The van der Waals surface area contributed by atoms with E-state index in [9.17, 15) is 4.79 Å². The van der Waals surface area contributed by atoms with Crippen molar-refractivity contribution in [1.82, 2.24) is 0 Å². The lowest BCUT2D eigenvalue weighted by Crippen LogP contribution is -2.05. The zero-order valence-electron chi connectivity index (χ0n) is 8.25. The van der Waals surface area contributed by atoms with Crippen molar-refractivity contribution in [2.75, 3.05) is 0 Å². The molecule has 0 spiro atoms. The summed E-state index contributed by atoms with van der Waals surface area (Å²) in [4.78, 5) is 11.1. The SMILES string of the molecule is [CH2]c1ccccc1COC(=O)C(=C)C. The van der Waals surface area contributed by atoms with E-state index in [0.29, 0.717) is 5.57 Å². The molecule has 1 radical (unpaired) electrons. The van der Waals surface area contributed by atoms with Gasteiger partial charge in [0.05, 0.1) is 0 Å². The molecule has 0 unspecified atom stereocenters. The Morgan fingerprint density at radius 2 is 2.07 bits per heavy atom. The van der Waals surface area contributed by atoms with Gasteiger partial charge in [-0.25, -0.2) is 4.79 Å². The number of hydrogen-bond acceptors (Lipinski definition) is 2. The molecule has 0 atom stereocenters. The Morgan fingerprint density at radius 3 is 2.64 bits per heavy atom. The van der Waals surface area contributed by atoms with Crippen LogP contribution in [0.3, 0.4) is 0 Å². The molecule has 0 N–H and O–H groups in total. The molecule has 0 aromatic heterocycles. The van der Waals surface area contributed by atoms with Crippen molar-refractivity contribution in [3.63, 3.8) is 0 Å². The number of benzene rings is 1. The first kappa shape index (κ1) is 10.5. The maximum absolute atomic E-state index is 11.1. The van der Waals surface area contributed by atoms with Crippen LogP contribution in [0.25, 0.3) is 0 Å². The quantitative estimate of drug-likeness (QED) is 0.539. The number of carbonyl (C=O) groups excluding carboxylic acids is 1. The molecule has 1 aromatic carbocycles. The van der Waals surface area contributed by atoms with Crippen LogP contribution in [0.1, 0.15) is 18.1 Å². The van der Waals surface area contributed by atoms with E-state index in [2.05, 4.69) is 13.5 Å². The van der Waals surface area contributed by atoms with Gasteiger partial charge in [-0.3, -0.25) is 0 Å². The van der Waals surface area contributed by atoms with Crippen molar-refractivity contribution in [3.8, 4) is 0 Å². The van der Waals surface area contributed by atoms with E-state index in [0.717, 1.165) is 11.1 Å². The largest absolute Gasteiger partial charge is 0.457 e. The van der Waals surface area contributed by atoms with E-state index in [1.54, 1.807) is 6.92 Å². The Hall–Kier alpha value is -1.57. The number of hydrogen-bond donors (Lipinski definition) is 0. The highest BCUT2D eigenvalue weighted by atomic mass is 16.5. The third-order valence-corrected chi connectivity index (χ3v) is 1.83. The summed E-state index contributed by atoms with van der Waals surface area (Å²) in [6.07, 6.45) is 0. The van der Waals surface area contributed by atoms with E-state index in [1.807, 2.05) is 24.3 Å². The number of rotatable bonds is 3. The predicted octanol–water partition coefficient (Wildman–Crippen LogP) is 2.49. The van der Waals surface area contributed by atoms with Gasteiger partial charge in [0.15, 0.2) is 0 Å². The molecule has 0 saturated carbocycles. The lowest BCUT2D eigenvalue weighted by Gasteiger charge is -2.06. The molecular formula is C12H13O2. The van der Waals surface area contributed by atoms with Crippen LogP contribution in [-0.2, 0) is 16.1 Å². The van der Waals surface area contributed by atoms with Crippen molar-refractivity contribution >= 4 is 5.97 Å². The minimum atomic E-state index is -0.367. The number of carbonyl (C=O) groups is 1. The molecule has 14 heavy (non-hydrogen) atoms. The Labute approximate surface area is 84.2 Å². The fraction of sp³-hybridized carbons (Fsp3) is 0.167. The van der Waals surface area contributed by atoms with Gasteiger partial charge >= 0.3 is 5.97 Å². The third kappa shape index (κ3) is 2.73. The fourth-order valence-corrected chi connectivity index (χ4v) is 0.965. The third-order valence-electron chi connectivity index (χ3n) is 1.83. The summed E-state index contributed by atoms with van der Waals surface area (Å²) in [7, 11) is 0. The summed E-state index contributed by atoms with van der Waals surface area (Å²) in [6, 6.07) is 7.54. The van der Waals surface area contributed by atoms with Crippen LogP contribution in [-0.4, -0.2) is 5.97 Å². The molecule has 1 rings (SSSR count). The Kier molecular flexibility index (Phi) is 3.46. The molecule has 0 aliphatic carbocycles. The highest BCUT2D eigenvalue weighted by Crippen LogP contribution is 2.09. The molecule has 73 valence electrons. The molecule has 0 amide bonds. The second-order valence-electron chi connectivity index (χ2n) is 3.13. The van der Waals surface area contributed by atoms with Crippen molar-refractivity contribution in [3.05, 3.63) is 54.5 Å². The average molecular weight is 189 g/mol. The predicted molar refractivity (Wildman–Crippen MR) is 55.5 cm³/mol. The summed E-state index contributed by atoms with van der Waals surface area (Å²) < 4.78 is 4.99. The Bertz CT molecular complexity index is 353. The number of esters is 1. The molecule has 0 saturated heterocycles. The molecule has 0 bridgehead atoms. The van der Waals surface area contributed by atoms with E-state index >= 15 is 0 Å². The van der Waals surface area contributed by atoms with Crippen LogP contribution in [0.5, 0.6) is 0 Å². The summed E-state index contributed by atoms with van der Waals surface area (Å²) >= 11 is 0. The summed E-state index contributed by atoms with van der Waals surface area (Å²) in [6.45, 7) is 9.21. The van der Waals surface area contributed by atoms with Gasteiger partial charge in [0.2, 0.25) is 0 Å². The first-order valence-electron chi connectivity index (χ1n) is 4.33. The van der Waals surface area contributed by atoms with Crippen molar-refractivity contribution in [1.29, 1.82) is 0 Å². The fourth-order valence-electron chi connectivity index (χ4n) is 0.965. The zero-order valence-corrected chi connectivity index (χ0v) is 8.25. The van der Waals surface area contributed by atoms with Crippen LogP contribution in [0.2, 0.25) is 0 Å². The topological polar surface area (TPSA) is 26.3 Å². The van der Waals surface area contributed by atoms with Crippen LogP contribution in [0, 0.1) is 6.92 Å². The van der Waals surface area contributed by atoms with Crippen molar-refractivity contribution < 1.29 is 9.53 Å². The summed E-state index contributed by atoms with van der Waals surface area (Å²) in [5.41, 5.74) is 2.20. The molecule has 0 aliphatic rings. The van der Waals surface area contributed by atoms with Gasteiger partial charge in [0.25, 0.3) is 0 Å². The van der Waals surface area contributed by atoms with E-state index in [1.165, 1.54) is 0 Å². The molecule has 1 aromatic rings. The minimum Gasteiger partial charge on any atom is -0.457 e. The maximum Gasteiger partial charge on any atom is 0.333 e. The summed E-state index contributed by atoms with van der Waals surface area (Å²) in [5.74, 6) is -0.367. The monoisotopic (exact) mass is 189 g/mol. The average Bonchev–Trinajstić information content (AvgIpc) is 2.16. The minimum absolute atomic E-state index is 0.255. The van der Waals surface area contributed by atoms with Crippen molar-refractivity contribution in [2.24, 2.45) is 0 Å². The normalized spacial score (nSPS) is 9.57. The summed E-state index contributed by atoms with van der Waals surface area (Å²) in [5, 5.41) is 0. The molecule has 0 heterocycles. The van der Waals surface area contributed by atoms with Gasteiger partial charge in [0, 0.05) is 5.57 Å². The number of ether oxygens (including phenoxy) is 1.